The van der Waals surface area contributed by atoms with Crippen molar-refractivity contribution in [3.63, 3.8) is 0 Å². The molecule has 1 heterocycles. The van der Waals surface area contributed by atoms with E-state index in [9.17, 15) is 17.2 Å². The topological polar surface area (TPSA) is 37.4 Å². The zero-order chi connectivity index (χ0) is 14.9. The maximum atomic E-state index is 13.9. The minimum absolute atomic E-state index is 0.0822. The molecule has 0 aromatic heterocycles. The fourth-order valence-corrected chi connectivity index (χ4v) is 6.05. The molecular formula is C12H14BrF2NO2S2. The average Bonchev–Trinajstić information content (AvgIpc) is 2.37. The molecule has 1 aromatic rings. The molecule has 2 rings (SSSR count). The summed E-state index contributed by atoms with van der Waals surface area (Å²) < 4.78 is 53.2. The lowest BCUT2D eigenvalue weighted by Gasteiger charge is -2.31. The van der Waals surface area contributed by atoms with Crippen molar-refractivity contribution in [1.82, 2.24) is 4.31 Å². The van der Waals surface area contributed by atoms with Gasteiger partial charge in [-0.2, -0.15) is 16.1 Å². The Morgan fingerprint density at radius 1 is 1.45 bits per heavy atom. The molecule has 1 unspecified atom stereocenters. The summed E-state index contributed by atoms with van der Waals surface area (Å²) in [6.07, 6.45) is 0.851. The predicted molar refractivity (Wildman–Crippen MR) is 79.4 cm³/mol. The normalized spacial score (nSPS) is 21.1. The summed E-state index contributed by atoms with van der Waals surface area (Å²) in [5.41, 5.74) is 0. The van der Waals surface area contributed by atoms with E-state index in [1.165, 1.54) is 4.31 Å². The van der Waals surface area contributed by atoms with E-state index in [1.807, 2.05) is 6.92 Å². The first kappa shape index (κ1) is 16.2. The van der Waals surface area contributed by atoms with Gasteiger partial charge in [0.05, 0.1) is 0 Å². The molecule has 1 saturated heterocycles. The van der Waals surface area contributed by atoms with Gasteiger partial charge in [-0.3, -0.25) is 0 Å². The first-order chi connectivity index (χ1) is 9.36. The molecule has 0 spiro atoms. The SMILES string of the molecule is CCC1CN(S(=O)(=O)c2c(F)cc(F)cc2Br)CCS1. The Morgan fingerprint density at radius 3 is 2.75 bits per heavy atom. The minimum Gasteiger partial charge on any atom is -0.207 e. The van der Waals surface area contributed by atoms with Crippen molar-refractivity contribution < 1.29 is 17.2 Å². The number of rotatable bonds is 3. The third kappa shape index (κ3) is 3.18. The van der Waals surface area contributed by atoms with Crippen LogP contribution in [0, 0.1) is 11.6 Å². The van der Waals surface area contributed by atoms with Gasteiger partial charge in [0.15, 0.2) is 0 Å². The maximum Gasteiger partial charge on any atom is 0.247 e. The molecule has 1 aliphatic rings. The second-order valence-corrected chi connectivity index (χ2v) is 8.60. The number of benzene rings is 1. The van der Waals surface area contributed by atoms with Crippen molar-refractivity contribution in [2.45, 2.75) is 23.5 Å². The number of nitrogens with zero attached hydrogens (tertiary/aromatic N) is 1. The monoisotopic (exact) mass is 385 g/mol. The molecule has 0 amide bonds. The maximum absolute atomic E-state index is 13.9. The van der Waals surface area contributed by atoms with Crippen LogP contribution in [0.4, 0.5) is 8.78 Å². The predicted octanol–water partition coefficient (Wildman–Crippen LogP) is 3.24. The highest BCUT2D eigenvalue weighted by molar-refractivity contribution is 9.10. The van der Waals surface area contributed by atoms with Gasteiger partial charge in [0.25, 0.3) is 0 Å². The molecule has 0 aliphatic carbocycles. The Labute approximate surface area is 129 Å². The van der Waals surface area contributed by atoms with Crippen LogP contribution < -0.4 is 0 Å². The van der Waals surface area contributed by atoms with Crippen molar-refractivity contribution in [2.75, 3.05) is 18.8 Å². The van der Waals surface area contributed by atoms with E-state index in [-0.39, 0.29) is 9.72 Å². The number of hydrogen-bond acceptors (Lipinski definition) is 3. The van der Waals surface area contributed by atoms with E-state index >= 15 is 0 Å². The Hall–Kier alpha value is -0.180. The molecule has 8 heteroatoms. The summed E-state index contributed by atoms with van der Waals surface area (Å²) in [5.74, 6) is -1.20. The lowest BCUT2D eigenvalue weighted by molar-refractivity contribution is 0.411. The van der Waals surface area contributed by atoms with Crippen LogP contribution in [0.5, 0.6) is 0 Å². The molecule has 1 atom stereocenters. The molecule has 1 fully saturated rings. The quantitative estimate of drug-likeness (QED) is 0.801. The van der Waals surface area contributed by atoms with Crippen LogP contribution >= 0.6 is 27.7 Å². The molecule has 0 radical (unpaired) electrons. The van der Waals surface area contributed by atoms with E-state index < -0.39 is 26.6 Å². The lowest BCUT2D eigenvalue weighted by atomic mass is 10.3. The van der Waals surface area contributed by atoms with E-state index in [1.54, 1.807) is 11.8 Å². The highest BCUT2D eigenvalue weighted by Gasteiger charge is 2.33. The Kier molecular flexibility index (Phi) is 5.09. The van der Waals surface area contributed by atoms with Crippen molar-refractivity contribution in [3.05, 3.63) is 28.2 Å². The Morgan fingerprint density at radius 2 is 2.15 bits per heavy atom. The third-order valence-corrected chi connectivity index (χ3v) is 7.32. The number of halogens is 3. The van der Waals surface area contributed by atoms with Crippen molar-refractivity contribution >= 4 is 37.7 Å². The van der Waals surface area contributed by atoms with Crippen molar-refractivity contribution in [2.24, 2.45) is 0 Å². The number of thioether (sulfide) groups is 1. The summed E-state index contributed by atoms with van der Waals surface area (Å²) in [5, 5.41) is 0.209. The van der Waals surface area contributed by atoms with Gasteiger partial charge in [-0.15, -0.1) is 0 Å². The molecule has 3 nitrogen and oxygen atoms in total. The third-order valence-electron chi connectivity index (χ3n) is 3.12. The highest BCUT2D eigenvalue weighted by atomic mass is 79.9. The minimum atomic E-state index is -3.95. The first-order valence-corrected chi connectivity index (χ1v) is 9.40. The van der Waals surface area contributed by atoms with Gasteiger partial charge in [0.2, 0.25) is 10.0 Å². The van der Waals surface area contributed by atoms with E-state index in [0.29, 0.717) is 24.9 Å². The zero-order valence-corrected chi connectivity index (χ0v) is 14.0. The van der Waals surface area contributed by atoms with Gasteiger partial charge in [-0.25, -0.2) is 17.2 Å². The lowest BCUT2D eigenvalue weighted by Crippen LogP contribution is -2.42. The molecule has 1 aromatic carbocycles. The van der Waals surface area contributed by atoms with Gasteiger partial charge < -0.3 is 0 Å². The first-order valence-electron chi connectivity index (χ1n) is 6.12. The van der Waals surface area contributed by atoms with Gasteiger partial charge in [-0.05, 0) is 28.4 Å². The van der Waals surface area contributed by atoms with Crippen LogP contribution in [0.1, 0.15) is 13.3 Å². The Bertz CT molecular complexity index is 586. The van der Waals surface area contributed by atoms with E-state index in [0.717, 1.165) is 12.5 Å². The second kappa shape index (κ2) is 6.29. The van der Waals surface area contributed by atoms with Crippen LogP contribution in [0.2, 0.25) is 0 Å². The molecule has 0 saturated carbocycles. The van der Waals surface area contributed by atoms with Gasteiger partial charge in [0.1, 0.15) is 16.5 Å². The summed E-state index contributed by atoms with van der Waals surface area (Å²) in [6, 6.07) is 1.56. The highest BCUT2D eigenvalue weighted by Crippen LogP contribution is 2.32. The van der Waals surface area contributed by atoms with Crippen LogP contribution in [-0.4, -0.2) is 36.8 Å². The van der Waals surface area contributed by atoms with E-state index in [4.69, 9.17) is 0 Å². The van der Waals surface area contributed by atoms with E-state index in [2.05, 4.69) is 15.9 Å². The van der Waals surface area contributed by atoms with Crippen LogP contribution in [-0.2, 0) is 10.0 Å². The molecule has 1 aliphatic heterocycles. The molecular weight excluding hydrogens is 372 g/mol. The van der Waals surface area contributed by atoms with Crippen LogP contribution in [0.15, 0.2) is 21.5 Å². The summed E-state index contributed by atoms with van der Waals surface area (Å²) in [4.78, 5) is -0.486. The largest absolute Gasteiger partial charge is 0.247 e. The average molecular weight is 386 g/mol. The molecule has 0 bridgehead atoms. The standard InChI is InChI=1S/C12H14BrF2NO2S2/c1-2-9-7-16(3-4-19-9)20(17,18)12-10(13)5-8(14)6-11(12)15/h5-6,9H,2-4,7H2,1H3. The summed E-state index contributed by atoms with van der Waals surface area (Å²) >= 11 is 4.66. The molecule has 0 N–H and O–H groups in total. The fourth-order valence-electron chi connectivity index (χ4n) is 2.06. The number of sulfonamides is 1. The van der Waals surface area contributed by atoms with Gasteiger partial charge >= 0.3 is 0 Å². The molecule has 112 valence electrons. The fraction of sp³-hybridized carbons (Fsp3) is 0.500. The Balaban J connectivity index is 2.40. The second-order valence-electron chi connectivity index (χ2n) is 4.46. The zero-order valence-electron chi connectivity index (χ0n) is 10.8. The van der Waals surface area contributed by atoms with Gasteiger partial charge in [0, 0.05) is 34.6 Å². The number of hydrogen-bond donors (Lipinski definition) is 0. The summed E-state index contributed by atoms with van der Waals surface area (Å²) in [6.45, 7) is 2.68. The van der Waals surface area contributed by atoms with Crippen LogP contribution in [0.3, 0.4) is 0 Å². The van der Waals surface area contributed by atoms with Crippen LogP contribution in [0.25, 0.3) is 0 Å². The smallest absolute Gasteiger partial charge is 0.207 e. The molecule has 20 heavy (non-hydrogen) atoms. The summed E-state index contributed by atoms with van der Waals surface area (Å²) in [7, 11) is -3.95. The van der Waals surface area contributed by atoms with Crippen molar-refractivity contribution in [1.29, 1.82) is 0 Å². The van der Waals surface area contributed by atoms with Gasteiger partial charge in [-0.1, -0.05) is 6.92 Å². The van der Waals surface area contributed by atoms with Crippen molar-refractivity contribution in [3.8, 4) is 0 Å².